The van der Waals surface area contributed by atoms with E-state index in [0.29, 0.717) is 0 Å². The van der Waals surface area contributed by atoms with E-state index in [1.165, 1.54) is 0 Å². The van der Waals surface area contributed by atoms with Crippen LogP contribution in [0.5, 0.6) is 0 Å². The van der Waals surface area contributed by atoms with E-state index in [4.69, 9.17) is 4.74 Å². The van der Waals surface area contributed by atoms with Crippen molar-refractivity contribution in [2.75, 3.05) is 60.5 Å². The van der Waals surface area contributed by atoms with E-state index in [9.17, 15) is 4.79 Å². The maximum atomic E-state index is 12.4. The van der Waals surface area contributed by atoms with Crippen molar-refractivity contribution < 1.29 is 9.53 Å². The normalized spacial score (nSPS) is 27.1. The number of nitrogens with one attached hydrogen (secondary N) is 1. The highest BCUT2D eigenvalue weighted by Gasteiger charge is 2.49. The average Bonchev–Trinajstić information content (AvgIpc) is 2.66. The van der Waals surface area contributed by atoms with Gasteiger partial charge in [-0.15, -0.1) is 0 Å². The first kappa shape index (κ1) is 14.8. The highest BCUT2D eigenvalue weighted by molar-refractivity contribution is 5.80. The topological polar surface area (TPSA) is 44.8 Å². The summed E-state index contributed by atoms with van der Waals surface area (Å²) in [6, 6.07) is 0. The van der Waals surface area contributed by atoms with Gasteiger partial charge in [0.05, 0.1) is 5.92 Å². The molecule has 1 amide bonds. The molecule has 5 nitrogen and oxygen atoms in total. The lowest BCUT2D eigenvalue weighted by Gasteiger charge is -2.37. The molecular formula is C14H27N3O2. The van der Waals surface area contributed by atoms with E-state index in [1.807, 2.05) is 14.1 Å². The average molecular weight is 269 g/mol. The van der Waals surface area contributed by atoms with Crippen molar-refractivity contribution in [2.45, 2.75) is 12.8 Å². The molecule has 2 fully saturated rings. The maximum Gasteiger partial charge on any atom is 0.225 e. The third-order valence-corrected chi connectivity index (χ3v) is 4.48. The fraction of sp³-hybridized carbons (Fsp3) is 0.929. The molecule has 2 saturated heterocycles. The molecule has 0 bridgehead atoms. The Morgan fingerprint density at radius 2 is 2.11 bits per heavy atom. The van der Waals surface area contributed by atoms with Gasteiger partial charge in [0.25, 0.3) is 0 Å². The van der Waals surface area contributed by atoms with Crippen LogP contribution in [0.15, 0.2) is 0 Å². The van der Waals surface area contributed by atoms with Gasteiger partial charge in [0.15, 0.2) is 0 Å². The minimum Gasteiger partial charge on any atom is -0.381 e. The molecule has 0 aromatic rings. The van der Waals surface area contributed by atoms with Crippen LogP contribution in [0.4, 0.5) is 0 Å². The summed E-state index contributed by atoms with van der Waals surface area (Å²) in [4.78, 5) is 16.8. The van der Waals surface area contributed by atoms with Crippen LogP contribution in [-0.2, 0) is 9.53 Å². The molecule has 1 atom stereocenters. The van der Waals surface area contributed by atoms with Gasteiger partial charge in [-0.25, -0.2) is 0 Å². The van der Waals surface area contributed by atoms with Crippen LogP contribution in [0.3, 0.4) is 0 Å². The zero-order valence-electron chi connectivity index (χ0n) is 12.4. The largest absolute Gasteiger partial charge is 0.381 e. The number of carbonyl (C=O) groups is 1. The molecule has 2 aliphatic rings. The first-order valence-corrected chi connectivity index (χ1v) is 7.22. The third-order valence-electron chi connectivity index (χ3n) is 4.48. The van der Waals surface area contributed by atoms with Gasteiger partial charge in [0, 0.05) is 44.8 Å². The summed E-state index contributed by atoms with van der Waals surface area (Å²) in [7, 11) is 6.16. The van der Waals surface area contributed by atoms with Crippen LogP contribution in [-0.4, -0.2) is 76.2 Å². The van der Waals surface area contributed by atoms with Crippen LogP contribution >= 0.6 is 0 Å². The molecule has 0 aromatic carbocycles. The Kier molecular flexibility index (Phi) is 4.81. The van der Waals surface area contributed by atoms with Crippen LogP contribution in [0, 0.1) is 11.3 Å². The van der Waals surface area contributed by atoms with Gasteiger partial charge in [-0.3, -0.25) is 4.79 Å². The second-order valence-corrected chi connectivity index (χ2v) is 6.32. The van der Waals surface area contributed by atoms with Gasteiger partial charge in [-0.1, -0.05) is 0 Å². The minimum atomic E-state index is 0.128. The number of ether oxygens (including phenoxy) is 1. The SMILES string of the molecule is CN(C)CCNC(=O)C1CN(C)CC12CCOCC2. The van der Waals surface area contributed by atoms with Crippen molar-refractivity contribution in [3.63, 3.8) is 0 Å². The molecular weight excluding hydrogens is 242 g/mol. The standard InChI is InChI=1S/C14H27N3O2/c1-16(2)7-6-15-13(18)12-10-17(3)11-14(12)4-8-19-9-5-14/h12H,4-11H2,1-3H3,(H,15,18). The molecule has 110 valence electrons. The van der Waals surface area contributed by atoms with Gasteiger partial charge >= 0.3 is 0 Å². The number of rotatable bonds is 4. The van der Waals surface area contributed by atoms with Crippen molar-refractivity contribution in [2.24, 2.45) is 11.3 Å². The van der Waals surface area contributed by atoms with Crippen LogP contribution < -0.4 is 5.32 Å². The van der Waals surface area contributed by atoms with E-state index >= 15 is 0 Å². The minimum absolute atomic E-state index is 0.128. The molecule has 2 heterocycles. The highest BCUT2D eigenvalue weighted by atomic mass is 16.5. The van der Waals surface area contributed by atoms with E-state index in [1.54, 1.807) is 0 Å². The molecule has 1 unspecified atom stereocenters. The number of nitrogens with zero attached hydrogens (tertiary/aromatic N) is 2. The van der Waals surface area contributed by atoms with Gasteiger partial charge in [0.2, 0.25) is 5.91 Å². The predicted molar refractivity (Wildman–Crippen MR) is 75.0 cm³/mol. The Balaban J connectivity index is 1.94. The van der Waals surface area contributed by atoms with Gasteiger partial charge in [-0.2, -0.15) is 0 Å². The van der Waals surface area contributed by atoms with E-state index in [-0.39, 0.29) is 17.2 Å². The Labute approximate surface area is 116 Å². The number of likely N-dealkylation sites (tertiary alicyclic amines) is 1. The first-order chi connectivity index (χ1) is 9.03. The molecule has 0 saturated carbocycles. The molecule has 0 radical (unpaired) electrons. The lowest BCUT2D eigenvalue weighted by molar-refractivity contribution is -0.129. The van der Waals surface area contributed by atoms with Crippen molar-refractivity contribution in [1.82, 2.24) is 15.1 Å². The van der Waals surface area contributed by atoms with E-state index in [0.717, 1.165) is 52.2 Å². The van der Waals surface area contributed by atoms with Gasteiger partial charge in [0.1, 0.15) is 0 Å². The Morgan fingerprint density at radius 1 is 1.42 bits per heavy atom. The van der Waals surface area contributed by atoms with Crippen molar-refractivity contribution >= 4 is 5.91 Å². The summed E-state index contributed by atoms with van der Waals surface area (Å²) in [5.41, 5.74) is 0.148. The highest BCUT2D eigenvalue weighted by Crippen LogP contribution is 2.43. The lowest BCUT2D eigenvalue weighted by atomic mass is 9.72. The summed E-state index contributed by atoms with van der Waals surface area (Å²) in [6.07, 6.45) is 2.03. The number of hydrogen-bond acceptors (Lipinski definition) is 4. The lowest BCUT2D eigenvalue weighted by Crippen LogP contribution is -2.45. The molecule has 0 aromatic heterocycles. The smallest absolute Gasteiger partial charge is 0.225 e. The fourth-order valence-electron chi connectivity index (χ4n) is 3.39. The van der Waals surface area contributed by atoms with Gasteiger partial charge < -0.3 is 19.9 Å². The van der Waals surface area contributed by atoms with Crippen LogP contribution in [0.25, 0.3) is 0 Å². The summed E-state index contributed by atoms with van der Waals surface area (Å²) in [6.45, 7) is 5.14. The van der Waals surface area contributed by atoms with Crippen LogP contribution in [0.2, 0.25) is 0 Å². The summed E-state index contributed by atoms with van der Waals surface area (Å²) < 4.78 is 5.48. The Bertz CT molecular complexity index is 314. The number of likely N-dealkylation sites (N-methyl/N-ethyl adjacent to an activating group) is 1. The van der Waals surface area contributed by atoms with Gasteiger partial charge in [-0.05, 0) is 34.0 Å². The van der Waals surface area contributed by atoms with E-state index < -0.39 is 0 Å². The zero-order chi connectivity index (χ0) is 13.9. The maximum absolute atomic E-state index is 12.4. The summed E-state index contributed by atoms with van der Waals surface area (Å²) in [5.74, 6) is 0.358. The summed E-state index contributed by atoms with van der Waals surface area (Å²) in [5, 5.41) is 3.10. The van der Waals surface area contributed by atoms with Crippen molar-refractivity contribution in [3.8, 4) is 0 Å². The molecule has 19 heavy (non-hydrogen) atoms. The molecule has 2 rings (SSSR count). The predicted octanol–water partition coefficient (Wildman–Crippen LogP) is 0.0226. The number of amides is 1. The molecule has 2 aliphatic heterocycles. The second kappa shape index (κ2) is 6.20. The van der Waals surface area contributed by atoms with Crippen LogP contribution in [0.1, 0.15) is 12.8 Å². The molecule has 1 N–H and O–H groups in total. The number of carbonyl (C=O) groups excluding carboxylic acids is 1. The molecule has 5 heteroatoms. The monoisotopic (exact) mass is 269 g/mol. The molecule has 0 aliphatic carbocycles. The second-order valence-electron chi connectivity index (χ2n) is 6.32. The van der Waals surface area contributed by atoms with Crippen molar-refractivity contribution in [3.05, 3.63) is 0 Å². The summed E-state index contributed by atoms with van der Waals surface area (Å²) >= 11 is 0. The Morgan fingerprint density at radius 3 is 2.74 bits per heavy atom. The zero-order valence-corrected chi connectivity index (χ0v) is 12.4. The fourth-order valence-corrected chi connectivity index (χ4v) is 3.39. The van der Waals surface area contributed by atoms with Crippen molar-refractivity contribution in [1.29, 1.82) is 0 Å². The first-order valence-electron chi connectivity index (χ1n) is 7.22. The quantitative estimate of drug-likeness (QED) is 0.782. The Hall–Kier alpha value is -0.650. The van der Waals surface area contributed by atoms with E-state index in [2.05, 4.69) is 22.2 Å². The third kappa shape index (κ3) is 3.46. The number of hydrogen-bond donors (Lipinski definition) is 1. The molecule has 1 spiro atoms.